The molecular weight excluding hydrogens is 128 g/mol. The predicted molar refractivity (Wildman–Crippen MR) is 36.4 cm³/mol. The summed E-state index contributed by atoms with van der Waals surface area (Å²) in [6, 6.07) is 3.42. The fraction of sp³-hybridized carbons (Fsp3) is 0. The van der Waals surface area contributed by atoms with Crippen LogP contribution < -0.4 is 0 Å². The molecule has 2 heterocycles. The maximum absolute atomic E-state index is 5.13. The van der Waals surface area contributed by atoms with Crippen molar-refractivity contribution < 1.29 is 8.83 Å². The van der Waals surface area contributed by atoms with Gasteiger partial charge in [0.25, 0.3) is 0 Å². The summed E-state index contributed by atoms with van der Waals surface area (Å²) in [6.07, 6.45) is 6.65. The zero-order valence-electron chi connectivity index (χ0n) is 5.13. The van der Waals surface area contributed by atoms with E-state index in [2.05, 4.69) is 5.92 Å². The van der Waals surface area contributed by atoms with Gasteiger partial charge in [-0.1, -0.05) is 0 Å². The van der Waals surface area contributed by atoms with E-state index in [1.54, 1.807) is 18.4 Å². The predicted octanol–water partition coefficient (Wildman–Crippen LogP) is 2.01. The normalized spacial score (nSPS) is 9.90. The number of furan rings is 2. The van der Waals surface area contributed by atoms with Gasteiger partial charge < -0.3 is 8.83 Å². The lowest BCUT2D eigenvalue weighted by molar-refractivity contribution is 0.599. The molecule has 0 fully saturated rings. The van der Waals surface area contributed by atoms with E-state index in [9.17, 15) is 0 Å². The van der Waals surface area contributed by atoms with Gasteiger partial charge in [-0.05, 0) is 5.92 Å². The Kier molecular flexibility index (Phi) is 0.870. The molecule has 2 aromatic heterocycles. The minimum Gasteiger partial charge on any atom is -0.461 e. The Hall–Kier alpha value is -1.62. The van der Waals surface area contributed by atoms with Gasteiger partial charge in [-0.3, -0.25) is 0 Å². The van der Waals surface area contributed by atoms with Crippen molar-refractivity contribution in [2.45, 2.75) is 0 Å². The molecule has 0 aliphatic rings. The topological polar surface area (TPSA) is 26.3 Å². The fourth-order valence-corrected chi connectivity index (χ4v) is 0.837. The average molecular weight is 132 g/mol. The zero-order valence-corrected chi connectivity index (χ0v) is 5.13. The molecular formula is C8H4O2. The highest BCUT2D eigenvalue weighted by molar-refractivity contribution is 5.72. The van der Waals surface area contributed by atoms with Crippen LogP contribution in [0.3, 0.4) is 0 Å². The summed E-state index contributed by atoms with van der Waals surface area (Å²) in [4.78, 5) is 0. The number of hydrogen-bond acceptors (Lipinski definition) is 2. The lowest BCUT2D eigenvalue weighted by Gasteiger charge is -1.72. The highest BCUT2D eigenvalue weighted by Gasteiger charge is 2.01. The van der Waals surface area contributed by atoms with Crippen molar-refractivity contribution >= 4 is 11.2 Å². The van der Waals surface area contributed by atoms with Crippen LogP contribution in [0.4, 0.5) is 0 Å². The van der Waals surface area contributed by atoms with Crippen LogP contribution in [-0.4, -0.2) is 0 Å². The Morgan fingerprint density at radius 2 is 2.30 bits per heavy atom. The number of hydrogen-bond donors (Lipinski definition) is 0. The van der Waals surface area contributed by atoms with Crippen LogP contribution in [-0.2, 0) is 0 Å². The third-order valence-corrected chi connectivity index (χ3v) is 1.28. The SMILES string of the molecule is C#Cc1cc2occc2o1. The molecule has 10 heavy (non-hydrogen) atoms. The molecule has 0 unspecified atom stereocenters. The van der Waals surface area contributed by atoms with Gasteiger partial charge in [0.1, 0.15) is 0 Å². The summed E-state index contributed by atoms with van der Waals surface area (Å²) in [5.74, 6) is 2.88. The van der Waals surface area contributed by atoms with Crippen LogP contribution in [0.5, 0.6) is 0 Å². The van der Waals surface area contributed by atoms with Crippen molar-refractivity contribution in [3.05, 3.63) is 24.2 Å². The molecule has 0 saturated heterocycles. The fourth-order valence-electron chi connectivity index (χ4n) is 0.837. The van der Waals surface area contributed by atoms with Crippen LogP contribution in [0.15, 0.2) is 27.2 Å². The molecule has 0 aliphatic heterocycles. The summed E-state index contributed by atoms with van der Waals surface area (Å²) in [6.45, 7) is 0. The van der Waals surface area contributed by atoms with Crippen LogP contribution in [0.25, 0.3) is 11.2 Å². The van der Waals surface area contributed by atoms with Gasteiger partial charge in [0.05, 0.1) is 6.26 Å². The lowest BCUT2D eigenvalue weighted by Crippen LogP contribution is -1.56. The van der Waals surface area contributed by atoms with Crippen molar-refractivity contribution in [3.63, 3.8) is 0 Å². The maximum atomic E-state index is 5.13. The standard InChI is InChI=1S/C8H4O2/c1-2-6-5-8-7(10-6)3-4-9-8/h1,3-5H. The van der Waals surface area contributed by atoms with Gasteiger partial charge in [0.2, 0.25) is 0 Å². The minimum absolute atomic E-state index is 0.509. The van der Waals surface area contributed by atoms with Crippen molar-refractivity contribution in [3.8, 4) is 12.3 Å². The summed E-state index contributed by atoms with van der Waals surface area (Å²) in [7, 11) is 0. The van der Waals surface area contributed by atoms with Crippen LogP contribution in [0.1, 0.15) is 5.76 Å². The first-order valence-corrected chi connectivity index (χ1v) is 2.84. The van der Waals surface area contributed by atoms with Gasteiger partial charge in [-0.25, -0.2) is 0 Å². The van der Waals surface area contributed by atoms with E-state index in [0.717, 1.165) is 0 Å². The van der Waals surface area contributed by atoms with Crippen molar-refractivity contribution in [1.29, 1.82) is 0 Å². The third-order valence-electron chi connectivity index (χ3n) is 1.28. The van der Waals surface area contributed by atoms with Crippen LogP contribution in [0.2, 0.25) is 0 Å². The highest BCUT2D eigenvalue weighted by Crippen LogP contribution is 2.18. The Morgan fingerprint density at radius 3 is 3.00 bits per heavy atom. The van der Waals surface area contributed by atoms with Crippen LogP contribution in [0, 0.1) is 12.3 Å². The van der Waals surface area contributed by atoms with Gasteiger partial charge in [0, 0.05) is 12.1 Å². The van der Waals surface area contributed by atoms with E-state index in [0.29, 0.717) is 16.9 Å². The van der Waals surface area contributed by atoms with E-state index in [4.69, 9.17) is 15.3 Å². The quantitative estimate of drug-likeness (QED) is 0.512. The summed E-state index contributed by atoms with van der Waals surface area (Å²) in [5, 5.41) is 0. The smallest absolute Gasteiger partial charge is 0.181 e. The molecule has 0 radical (unpaired) electrons. The first-order valence-electron chi connectivity index (χ1n) is 2.84. The second-order valence-electron chi connectivity index (χ2n) is 1.90. The molecule has 2 aromatic rings. The maximum Gasteiger partial charge on any atom is 0.181 e. The summed E-state index contributed by atoms with van der Waals surface area (Å²) < 4.78 is 10.1. The Labute approximate surface area is 57.4 Å². The molecule has 0 spiro atoms. The van der Waals surface area contributed by atoms with Crippen LogP contribution >= 0.6 is 0 Å². The molecule has 0 N–H and O–H groups in total. The van der Waals surface area contributed by atoms with Crippen molar-refractivity contribution in [1.82, 2.24) is 0 Å². The van der Waals surface area contributed by atoms with Crippen molar-refractivity contribution in [2.24, 2.45) is 0 Å². The Balaban J connectivity index is 2.81. The number of fused-ring (bicyclic) bond motifs is 1. The van der Waals surface area contributed by atoms with E-state index < -0.39 is 0 Å². The molecule has 48 valence electrons. The van der Waals surface area contributed by atoms with E-state index in [1.807, 2.05) is 0 Å². The van der Waals surface area contributed by atoms with Gasteiger partial charge in [-0.2, -0.15) is 0 Å². The van der Waals surface area contributed by atoms with Gasteiger partial charge >= 0.3 is 0 Å². The molecule has 0 atom stereocenters. The molecule has 0 aliphatic carbocycles. The average Bonchev–Trinajstić information content (AvgIpc) is 2.42. The molecule has 2 rings (SSSR count). The van der Waals surface area contributed by atoms with Gasteiger partial charge in [-0.15, -0.1) is 6.42 Å². The third kappa shape index (κ3) is 0.547. The minimum atomic E-state index is 0.509. The molecule has 0 bridgehead atoms. The second kappa shape index (κ2) is 1.68. The first-order chi connectivity index (χ1) is 4.90. The Morgan fingerprint density at radius 1 is 1.40 bits per heavy atom. The highest BCUT2D eigenvalue weighted by atomic mass is 16.4. The van der Waals surface area contributed by atoms with E-state index in [-0.39, 0.29) is 0 Å². The Bertz CT molecular complexity index is 358. The monoisotopic (exact) mass is 132 g/mol. The second-order valence-corrected chi connectivity index (χ2v) is 1.90. The molecule has 0 amide bonds. The lowest BCUT2D eigenvalue weighted by atomic mass is 10.4. The molecule has 2 heteroatoms. The van der Waals surface area contributed by atoms with Gasteiger partial charge in [0.15, 0.2) is 16.9 Å². The summed E-state index contributed by atoms with van der Waals surface area (Å²) >= 11 is 0. The number of rotatable bonds is 0. The van der Waals surface area contributed by atoms with E-state index >= 15 is 0 Å². The number of terminal acetylenes is 1. The zero-order chi connectivity index (χ0) is 6.97. The molecule has 0 saturated carbocycles. The summed E-state index contributed by atoms with van der Waals surface area (Å²) in [5.41, 5.74) is 1.40. The molecule has 0 aromatic carbocycles. The molecule has 2 nitrogen and oxygen atoms in total. The largest absolute Gasteiger partial charge is 0.461 e. The van der Waals surface area contributed by atoms with Crippen molar-refractivity contribution in [2.75, 3.05) is 0 Å². The van der Waals surface area contributed by atoms with E-state index in [1.165, 1.54) is 0 Å². The first kappa shape index (κ1) is 5.19.